The molecule has 0 aromatic heterocycles. The fourth-order valence-corrected chi connectivity index (χ4v) is 1.93. The molecule has 2 atom stereocenters. The maximum atomic E-state index is 11.7. The smallest absolute Gasteiger partial charge is 0.326 e. The van der Waals surface area contributed by atoms with E-state index in [0.29, 0.717) is 0 Å². The molecule has 0 bridgehead atoms. The molecule has 0 spiro atoms. The van der Waals surface area contributed by atoms with E-state index in [1.54, 1.807) is 0 Å². The average Bonchev–Trinajstić information content (AvgIpc) is 2.66. The number of carbonyl (C=O) groups excluding carboxylic acids is 1. The van der Waals surface area contributed by atoms with Crippen LogP contribution in [0.25, 0.3) is 0 Å². The minimum Gasteiger partial charge on any atom is -0.481 e. The molecule has 106 valence electrons. The van der Waals surface area contributed by atoms with Crippen LogP contribution in [0.5, 0.6) is 0 Å². The summed E-state index contributed by atoms with van der Waals surface area (Å²) in [6.07, 6.45) is -1.25. The van der Waals surface area contributed by atoms with Crippen molar-refractivity contribution in [3.8, 4) is 0 Å². The van der Waals surface area contributed by atoms with Crippen molar-refractivity contribution in [2.24, 2.45) is 5.73 Å². The van der Waals surface area contributed by atoms with Crippen LogP contribution in [-0.2, 0) is 19.2 Å². The topological polar surface area (TPSA) is 158 Å². The average molecular weight is 274 g/mol. The second-order valence-corrected chi connectivity index (χ2v) is 4.43. The van der Waals surface area contributed by atoms with Crippen molar-refractivity contribution in [1.82, 2.24) is 4.90 Å². The first kappa shape index (κ1) is 14.9. The van der Waals surface area contributed by atoms with E-state index in [0.717, 1.165) is 4.90 Å². The maximum absolute atomic E-state index is 11.7. The molecule has 5 N–H and O–H groups in total. The number of carbonyl (C=O) groups is 4. The van der Waals surface area contributed by atoms with Crippen molar-refractivity contribution >= 4 is 23.8 Å². The van der Waals surface area contributed by atoms with Gasteiger partial charge in [0.15, 0.2) is 0 Å². The minimum atomic E-state index is -1.82. The standard InChI is InChI=1S/C10H14N2O7/c11-10(9(18)19)3-5(8(16)17)12(4-10)6(13)1-2-7(14)15/h5H,1-4,11H2,(H,14,15)(H,16,17)(H,18,19)/t5-,10?/m1/s1. The van der Waals surface area contributed by atoms with E-state index >= 15 is 0 Å². The van der Waals surface area contributed by atoms with Crippen LogP contribution < -0.4 is 5.73 Å². The van der Waals surface area contributed by atoms with E-state index in [2.05, 4.69) is 0 Å². The zero-order chi connectivity index (χ0) is 14.8. The highest BCUT2D eigenvalue weighted by molar-refractivity contribution is 5.90. The van der Waals surface area contributed by atoms with Gasteiger partial charge in [0.05, 0.1) is 13.0 Å². The summed E-state index contributed by atoms with van der Waals surface area (Å²) in [7, 11) is 0. The van der Waals surface area contributed by atoms with Gasteiger partial charge in [0.2, 0.25) is 5.91 Å². The number of hydrogen-bond donors (Lipinski definition) is 4. The van der Waals surface area contributed by atoms with Crippen molar-refractivity contribution in [2.75, 3.05) is 6.54 Å². The lowest BCUT2D eigenvalue weighted by atomic mass is 9.98. The number of hydrogen-bond acceptors (Lipinski definition) is 5. The zero-order valence-electron chi connectivity index (χ0n) is 9.90. The maximum Gasteiger partial charge on any atom is 0.326 e. The van der Waals surface area contributed by atoms with Crippen molar-refractivity contribution in [3.05, 3.63) is 0 Å². The molecule has 1 saturated heterocycles. The molecule has 9 nitrogen and oxygen atoms in total. The minimum absolute atomic E-state index is 0.394. The molecular weight excluding hydrogens is 260 g/mol. The molecule has 1 amide bonds. The lowest BCUT2D eigenvalue weighted by molar-refractivity contribution is -0.149. The number of nitrogens with zero attached hydrogens (tertiary/aromatic N) is 1. The predicted octanol–water partition coefficient (Wildman–Crippen LogP) is -1.68. The highest BCUT2D eigenvalue weighted by Gasteiger charge is 2.51. The van der Waals surface area contributed by atoms with Gasteiger partial charge < -0.3 is 26.0 Å². The Bertz CT molecular complexity index is 436. The van der Waals surface area contributed by atoms with E-state index in [4.69, 9.17) is 21.1 Å². The second kappa shape index (κ2) is 5.22. The summed E-state index contributed by atoms with van der Waals surface area (Å²) in [5.41, 5.74) is 3.72. The molecule has 0 aliphatic carbocycles. The highest BCUT2D eigenvalue weighted by Crippen LogP contribution is 2.26. The van der Waals surface area contributed by atoms with Gasteiger partial charge in [0.25, 0.3) is 0 Å². The quantitative estimate of drug-likeness (QED) is 0.462. The van der Waals surface area contributed by atoms with Crippen LogP contribution >= 0.6 is 0 Å². The molecule has 0 radical (unpaired) electrons. The van der Waals surface area contributed by atoms with Gasteiger partial charge in [-0.25, -0.2) is 4.79 Å². The van der Waals surface area contributed by atoms with Crippen LogP contribution in [0.3, 0.4) is 0 Å². The molecule has 19 heavy (non-hydrogen) atoms. The molecule has 0 aromatic carbocycles. The Balaban J connectivity index is 2.85. The first-order valence-corrected chi connectivity index (χ1v) is 5.44. The molecule has 1 unspecified atom stereocenters. The molecule has 1 rings (SSSR count). The Hall–Kier alpha value is -2.16. The van der Waals surface area contributed by atoms with Gasteiger partial charge >= 0.3 is 17.9 Å². The van der Waals surface area contributed by atoms with E-state index in [9.17, 15) is 19.2 Å². The lowest BCUT2D eigenvalue weighted by Crippen LogP contribution is -2.50. The van der Waals surface area contributed by atoms with Gasteiger partial charge in [0.1, 0.15) is 11.6 Å². The molecule has 1 aliphatic rings. The van der Waals surface area contributed by atoms with Gasteiger partial charge in [0, 0.05) is 12.8 Å². The van der Waals surface area contributed by atoms with Gasteiger partial charge in [-0.2, -0.15) is 0 Å². The summed E-state index contributed by atoms with van der Waals surface area (Å²) >= 11 is 0. The van der Waals surface area contributed by atoms with Crippen molar-refractivity contribution in [2.45, 2.75) is 30.8 Å². The fraction of sp³-hybridized carbons (Fsp3) is 0.600. The Kier molecular flexibility index (Phi) is 4.10. The Morgan fingerprint density at radius 3 is 2.16 bits per heavy atom. The molecule has 0 saturated carbocycles. The highest BCUT2D eigenvalue weighted by atomic mass is 16.4. The van der Waals surface area contributed by atoms with Crippen LogP contribution in [-0.4, -0.2) is 62.2 Å². The Morgan fingerprint density at radius 1 is 1.16 bits per heavy atom. The number of carboxylic acids is 3. The molecule has 1 fully saturated rings. The summed E-state index contributed by atoms with van der Waals surface area (Å²) in [6.45, 7) is -0.447. The monoisotopic (exact) mass is 274 g/mol. The van der Waals surface area contributed by atoms with E-state index in [1.165, 1.54) is 0 Å². The fourth-order valence-electron chi connectivity index (χ4n) is 1.93. The predicted molar refractivity (Wildman–Crippen MR) is 59.2 cm³/mol. The van der Waals surface area contributed by atoms with Crippen molar-refractivity contribution in [1.29, 1.82) is 0 Å². The van der Waals surface area contributed by atoms with Crippen LogP contribution in [0.15, 0.2) is 0 Å². The van der Waals surface area contributed by atoms with Crippen molar-refractivity contribution in [3.63, 3.8) is 0 Å². The number of nitrogens with two attached hydrogens (primary N) is 1. The number of carboxylic acid groups (broad SMARTS) is 3. The first-order chi connectivity index (χ1) is 8.67. The van der Waals surface area contributed by atoms with Crippen molar-refractivity contribution < 1.29 is 34.5 Å². The summed E-state index contributed by atoms with van der Waals surface area (Å²) in [5.74, 6) is -4.69. The second-order valence-electron chi connectivity index (χ2n) is 4.43. The van der Waals surface area contributed by atoms with Gasteiger partial charge in [-0.3, -0.25) is 14.4 Å². The normalized spacial score (nSPS) is 26.2. The third-order valence-electron chi connectivity index (χ3n) is 2.97. The number of aliphatic carboxylic acids is 3. The van der Waals surface area contributed by atoms with E-state index in [1.807, 2.05) is 0 Å². The zero-order valence-corrected chi connectivity index (χ0v) is 9.90. The van der Waals surface area contributed by atoms with Gasteiger partial charge in [-0.05, 0) is 0 Å². The summed E-state index contributed by atoms with van der Waals surface area (Å²) in [5, 5.41) is 26.4. The molecule has 1 aliphatic heterocycles. The van der Waals surface area contributed by atoms with Crippen LogP contribution in [0, 0.1) is 0 Å². The first-order valence-electron chi connectivity index (χ1n) is 5.44. The SMILES string of the molecule is NC1(C(=O)O)C[C@H](C(=O)O)N(C(=O)CCC(=O)O)C1. The summed E-state index contributed by atoms with van der Waals surface area (Å²) in [4.78, 5) is 44.9. The number of rotatable bonds is 5. The van der Waals surface area contributed by atoms with Crippen LogP contribution in [0.2, 0.25) is 0 Å². The third kappa shape index (κ3) is 3.19. The number of likely N-dealkylation sites (tertiary alicyclic amines) is 1. The molecular formula is C10H14N2O7. The molecule has 9 heteroatoms. The van der Waals surface area contributed by atoms with E-state index < -0.39 is 61.2 Å². The molecule has 0 aromatic rings. The third-order valence-corrected chi connectivity index (χ3v) is 2.97. The number of amides is 1. The van der Waals surface area contributed by atoms with E-state index in [-0.39, 0.29) is 0 Å². The molecule has 1 heterocycles. The Morgan fingerprint density at radius 2 is 1.74 bits per heavy atom. The van der Waals surface area contributed by atoms with Crippen LogP contribution in [0.4, 0.5) is 0 Å². The van der Waals surface area contributed by atoms with Crippen LogP contribution in [0.1, 0.15) is 19.3 Å². The summed E-state index contributed by atoms with van der Waals surface area (Å²) < 4.78 is 0. The lowest BCUT2D eigenvalue weighted by Gasteiger charge is -2.21. The van der Waals surface area contributed by atoms with Gasteiger partial charge in [-0.1, -0.05) is 0 Å². The summed E-state index contributed by atoms with van der Waals surface area (Å²) in [6, 6.07) is -1.35. The van der Waals surface area contributed by atoms with Gasteiger partial charge in [-0.15, -0.1) is 0 Å². The Labute approximate surface area is 107 Å². The largest absolute Gasteiger partial charge is 0.481 e.